The van der Waals surface area contributed by atoms with Crippen molar-refractivity contribution in [3.05, 3.63) is 64.1 Å². The number of imidazole rings is 1. The Morgan fingerprint density at radius 3 is 2.97 bits per heavy atom. The lowest BCUT2D eigenvalue weighted by molar-refractivity contribution is -0.132. The lowest BCUT2D eigenvalue weighted by atomic mass is 10.0. The second kappa shape index (κ2) is 10.3. The summed E-state index contributed by atoms with van der Waals surface area (Å²) in [4.78, 5) is 37.6. The second-order valence-electron chi connectivity index (χ2n) is 9.37. The number of nitrogens with zero attached hydrogens (tertiary/aromatic N) is 4. The van der Waals surface area contributed by atoms with E-state index in [4.69, 9.17) is 4.74 Å². The van der Waals surface area contributed by atoms with Crippen molar-refractivity contribution in [1.82, 2.24) is 14.5 Å². The Hall–Kier alpha value is -3.46. The molecule has 3 aromatic rings. The zero-order valence-corrected chi connectivity index (χ0v) is 21.7. The minimum atomic E-state index is -0.0492. The number of nitrogens with one attached hydrogen (secondary N) is 1. The minimum Gasteiger partial charge on any atom is -0.497 e. The van der Waals surface area contributed by atoms with Crippen molar-refractivity contribution in [3.8, 4) is 5.75 Å². The summed E-state index contributed by atoms with van der Waals surface area (Å²) < 4.78 is 7.28. The SMILES string of the molecule is CN=Cc1c(NC(=O)C2CC2c2cccc(OC)c2)sc2c1CCN(C(=O)CCc1nccn1C)C2. The fourth-order valence-corrected chi connectivity index (χ4v) is 6.18. The van der Waals surface area contributed by atoms with Gasteiger partial charge >= 0.3 is 0 Å². The summed E-state index contributed by atoms with van der Waals surface area (Å²) in [5.74, 6) is 2.06. The molecule has 36 heavy (non-hydrogen) atoms. The van der Waals surface area contributed by atoms with Gasteiger partial charge in [0, 0.05) is 68.4 Å². The molecule has 1 fully saturated rings. The van der Waals surface area contributed by atoms with E-state index in [1.54, 1.807) is 31.7 Å². The van der Waals surface area contributed by atoms with Crippen LogP contribution in [0.4, 0.5) is 5.00 Å². The van der Waals surface area contributed by atoms with Crippen molar-refractivity contribution < 1.29 is 14.3 Å². The third kappa shape index (κ3) is 4.93. The molecule has 0 radical (unpaired) electrons. The molecule has 2 amide bonds. The zero-order valence-electron chi connectivity index (χ0n) is 20.9. The summed E-state index contributed by atoms with van der Waals surface area (Å²) in [7, 11) is 5.34. The molecule has 2 atom stereocenters. The maximum absolute atomic E-state index is 13.1. The molecule has 0 saturated heterocycles. The Morgan fingerprint density at radius 2 is 2.22 bits per heavy atom. The van der Waals surface area contributed by atoms with Crippen LogP contribution < -0.4 is 10.1 Å². The highest BCUT2D eigenvalue weighted by Crippen LogP contribution is 2.49. The Labute approximate surface area is 215 Å². The van der Waals surface area contributed by atoms with E-state index in [0.717, 1.165) is 45.4 Å². The summed E-state index contributed by atoms with van der Waals surface area (Å²) in [6.45, 7) is 1.23. The molecule has 0 bridgehead atoms. The first-order valence-corrected chi connectivity index (χ1v) is 13.1. The molecule has 1 aliphatic carbocycles. The maximum atomic E-state index is 13.1. The molecule has 2 aliphatic rings. The molecule has 1 aromatic carbocycles. The van der Waals surface area contributed by atoms with Crippen LogP contribution in [0.3, 0.4) is 0 Å². The van der Waals surface area contributed by atoms with Gasteiger partial charge in [-0.05, 0) is 42.0 Å². The molecule has 5 rings (SSSR count). The first-order chi connectivity index (χ1) is 17.5. The number of thiophene rings is 1. The van der Waals surface area contributed by atoms with Crippen molar-refractivity contribution in [1.29, 1.82) is 0 Å². The molecule has 8 nitrogen and oxygen atoms in total. The number of hydrogen-bond donors (Lipinski definition) is 1. The van der Waals surface area contributed by atoms with Gasteiger partial charge in [-0.25, -0.2) is 4.98 Å². The predicted molar refractivity (Wildman–Crippen MR) is 141 cm³/mol. The van der Waals surface area contributed by atoms with Crippen LogP contribution in [-0.4, -0.2) is 53.2 Å². The average molecular weight is 506 g/mol. The maximum Gasteiger partial charge on any atom is 0.228 e. The first-order valence-electron chi connectivity index (χ1n) is 12.2. The monoisotopic (exact) mass is 505 g/mol. The molecule has 1 N–H and O–H groups in total. The van der Waals surface area contributed by atoms with Crippen LogP contribution in [0.2, 0.25) is 0 Å². The van der Waals surface area contributed by atoms with Crippen LogP contribution in [0, 0.1) is 5.92 Å². The van der Waals surface area contributed by atoms with Gasteiger partial charge in [-0.2, -0.15) is 0 Å². The number of carbonyl (C=O) groups is 2. The molecule has 2 unspecified atom stereocenters. The molecule has 3 heterocycles. The van der Waals surface area contributed by atoms with Crippen LogP contribution in [-0.2, 0) is 36.0 Å². The molecule has 0 spiro atoms. The highest BCUT2D eigenvalue weighted by molar-refractivity contribution is 7.17. The number of rotatable bonds is 8. The largest absolute Gasteiger partial charge is 0.497 e. The van der Waals surface area contributed by atoms with E-state index >= 15 is 0 Å². The van der Waals surface area contributed by atoms with E-state index in [2.05, 4.69) is 21.4 Å². The topological polar surface area (TPSA) is 88.8 Å². The van der Waals surface area contributed by atoms with E-state index < -0.39 is 0 Å². The van der Waals surface area contributed by atoms with Crippen molar-refractivity contribution in [2.24, 2.45) is 18.0 Å². The van der Waals surface area contributed by atoms with E-state index in [1.807, 2.05) is 47.1 Å². The van der Waals surface area contributed by atoms with Gasteiger partial charge in [-0.15, -0.1) is 11.3 Å². The van der Waals surface area contributed by atoms with E-state index in [0.29, 0.717) is 25.9 Å². The summed E-state index contributed by atoms with van der Waals surface area (Å²) in [6.07, 6.45) is 8.13. The summed E-state index contributed by atoms with van der Waals surface area (Å²) in [6, 6.07) is 7.95. The number of hydrogen-bond acceptors (Lipinski definition) is 6. The molecule has 188 valence electrons. The van der Waals surface area contributed by atoms with Gasteiger partial charge in [0.2, 0.25) is 11.8 Å². The van der Waals surface area contributed by atoms with Crippen molar-refractivity contribution >= 4 is 34.4 Å². The fraction of sp³-hybridized carbons (Fsp3) is 0.407. The molecule has 1 aliphatic heterocycles. The Bertz CT molecular complexity index is 1310. The van der Waals surface area contributed by atoms with Crippen molar-refractivity contribution in [2.45, 2.75) is 38.1 Å². The number of benzene rings is 1. The van der Waals surface area contributed by atoms with E-state index in [9.17, 15) is 9.59 Å². The average Bonchev–Trinajstić information content (AvgIpc) is 3.50. The number of methoxy groups -OCH3 is 1. The predicted octanol–water partition coefficient (Wildman–Crippen LogP) is 3.80. The number of anilines is 1. The van der Waals surface area contributed by atoms with Crippen molar-refractivity contribution in [2.75, 3.05) is 26.0 Å². The third-order valence-corrected chi connectivity index (χ3v) is 8.23. The second-order valence-corrected chi connectivity index (χ2v) is 10.5. The van der Waals surface area contributed by atoms with Gasteiger partial charge < -0.3 is 19.5 Å². The minimum absolute atomic E-state index is 0.0372. The zero-order chi connectivity index (χ0) is 25.2. The van der Waals surface area contributed by atoms with Crippen molar-refractivity contribution in [3.63, 3.8) is 0 Å². The van der Waals surface area contributed by atoms with Crippen LogP contribution >= 0.6 is 11.3 Å². The number of aryl methyl sites for hydroxylation is 2. The van der Waals surface area contributed by atoms with Gasteiger partial charge in [0.15, 0.2) is 0 Å². The van der Waals surface area contributed by atoms with Gasteiger partial charge in [-0.3, -0.25) is 14.6 Å². The summed E-state index contributed by atoms with van der Waals surface area (Å²) in [5.41, 5.74) is 3.30. The Morgan fingerprint density at radius 1 is 1.36 bits per heavy atom. The highest BCUT2D eigenvalue weighted by Gasteiger charge is 2.44. The first kappa shape index (κ1) is 24.2. The van der Waals surface area contributed by atoms with E-state index in [-0.39, 0.29) is 23.7 Å². The number of amides is 2. The van der Waals surface area contributed by atoms with Gasteiger partial charge in [0.05, 0.1) is 13.7 Å². The molecular weight excluding hydrogens is 474 g/mol. The summed E-state index contributed by atoms with van der Waals surface area (Å²) >= 11 is 1.56. The van der Waals surface area contributed by atoms with E-state index in [1.165, 1.54) is 5.56 Å². The molecule has 9 heteroatoms. The van der Waals surface area contributed by atoms with Crippen LogP contribution in [0.15, 0.2) is 41.7 Å². The number of carbonyl (C=O) groups excluding carboxylic acids is 2. The standard InChI is InChI=1S/C27H31N5O3S/c1-28-15-22-19-9-11-32(25(33)8-7-24-29-10-12-31(24)2)16-23(19)36-27(22)30-26(34)21-14-20(21)17-5-4-6-18(13-17)35-3/h4-6,10,12-13,15,20-21H,7-9,11,14,16H2,1-3H3,(H,30,34). The quantitative estimate of drug-likeness (QED) is 0.472. The van der Waals surface area contributed by atoms with Gasteiger partial charge in [-0.1, -0.05) is 12.1 Å². The fourth-order valence-electron chi connectivity index (χ4n) is 4.94. The molecule has 1 saturated carbocycles. The van der Waals surface area contributed by atoms with Crippen LogP contribution in [0.5, 0.6) is 5.75 Å². The lowest BCUT2D eigenvalue weighted by Crippen LogP contribution is -2.35. The number of aromatic nitrogens is 2. The highest BCUT2D eigenvalue weighted by atomic mass is 32.1. The smallest absolute Gasteiger partial charge is 0.228 e. The van der Waals surface area contributed by atoms with Crippen LogP contribution in [0.1, 0.15) is 46.2 Å². The third-order valence-electron chi connectivity index (χ3n) is 7.08. The molecular formula is C27H31N5O3S. The normalized spacial score (nSPS) is 18.8. The molecule has 2 aromatic heterocycles. The number of fused-ring (bicyclic) bond motifs is 1. The number of aliphatic imine (C=N–C) groups is 1. The number of ether oxygens (including phenoxy) is 1. The Balaban J connectivity index is 1.25. The van der Waals surface area contributed by atoms with Gasteiger partial charge in [0.25, 0.3) is 0 Å². The van der Waals surface area contributed by atoms with Gasteiger partial charge in [0.1, 0.15) is 16.6 Å². The Kier molecular flexibility index (Phi) is 6.91. The van der Waals surface area contributed by atoms with Crippen LogP contribution in [0.25, 0.3) is 0 Å². The lowest BCUT2D eigenvalue weighted by Gasteiger charge is -2.27. The summed E-state index contributed by atoms with van der Waals surface area (Å²) in [5, 5.41) is 4.01.